The predicted octanol–water partition coefficient (Wildman–Crippen LogP) is 4.79. The maximum Gasteiger partial charge on any atom is 0.0832 e. The molecule has 9 nitrogen and oxygen atoms in total. The molecule has 0 bridgehead atoms. The molecule has 2 aliphatic heterocycles. The molecule has 0 aromatic rings. The third-order valence-electron chi connectivity index (χ3n) is 10.9. The minimum absolute atomic E-state index is 0.269. The van der Waals surface area contributed by atoms with Crippen LogP contribution in [0.15, 0.2) is 0 Å². The van der Waals surface area contributed by atoms with Crippen molar-refractivity contribution >= 4 is 0 Å². The highest BCUT2D eigenvalue weighted by molar-refractivity contribution is 4.87. The fourth-order valence-electron chi connectivity index (χ4n) is 7.71. The molecule has 0 radical (unpaired) electrons. The van der Waals surface area contributed by atoms with Gasteiger partial charge in [-0.1, -0.05) is 0 Å². The summed E-state index contributed by atoms with van der Waals surface area (Å²) in [6, 6.07) is 0.604. The van der Waals surface area contributed by atoms with Crippen molar-refractivity contribution in [3.05, 3.63) is 0 Å². The molecule has 3 aliphatic carbocycles. The van der Waals surface area contributed by atoms with Crippen molar-refractivity contribution in [3.8, 4) is 0 Å². The lowest BCUT2D eigenvalue weighted by Gasteiger charge is -2.42. The van der Waals surface area contributed by atoms with E-state index < -0.39 is 0 Å². The van der Waals surface area contributed by atoms with Crippen LogP contribution in [0.5, 0.6) is 0 Å². The average Bonchev–Trinajstić information content (AvgIpc) is 2.97. The molecule has 0 aromatic carbocycles. The van der Waals surface area contributed by atoms with E-state index in [1.54, 1.807) is 7.11 Å². The molecule has 1 N–H and O–H groups in total. The van der Waals surface area contributed by atoms with Crippen LogP contribution >= 0.6 is 0 Å². The summed E-state index contributed by atoms with van der Waals surface area (Å²) in [6.07, 6.45) is 17.2. The van der Waals surface area contributed by atoms with Gasteiger partial charge < -0.3 is 38.6 Å². The van der Waals surface area contributed by atoms with E-state index in [4.69, 9.17) is 28.4 Å². The van der Waals surface area contributed by atoms with E-state index >= 15 is 0 Å². The number of likely N-dealkylation sites (tertiary alicyclic amines) is 2. The molecule has 2 unspecified atom stereocenters. The van der Waals surface area contributed by atoms with Gasteiger partial charge in [0.05, 0.1) is 67.6 Å². The number of hydrogen-bond donors (Lipinski definition) is 1. The van der Waals surface area contributed by atoms with Crippen LogP contribution in [0.2, 0.25) is 0 Å². The smallest absolute Gasteiger partial charge is 0.0832 e. The Kier molecular flexibility index (Phi) is 14.7. The summed E-state index contributed by atoms with van der Waals surface area (Å²) in [5, 5.41) is 3.71. The van der Waals surface area contributed by atoms with Gasteiger partial charge in [0.1, 0.15) is 0 Å². The van der Waals surface area contributed by atoms with Crippen molar-refractivity contribution in [1.29, 1.82) is 0 Å². The Morgan fingerprint density at radius 3 is 1.87 bits per heavy atom. The zero-order chi connectivity index (χ0) is 31.6. The number of rotatable bonds is 20. The molecule has 0 amide bonds. The van der Waals surface area contributed by atoms with E-state index in [0.29, 0.717) is 54.9 Å². The van der Waals surface area contributed by atoms with Gasteiger partial charge in [-0.2, -0.15) is 0 Å². The van der Waals surface area contributed by atoms with Gasteiger partial charge in [0.15, 0.2) is 0 Å². The van der Waals surface area contributed by atoms with Gasteiger partial charge in [0.25, 0.3) is 0 Å². The van der Waals surface area contributed by atoms with Crippen LogP contribution in [-0.4, -0.2) is 136 Å². The van der Waals surface area contributed by atoms with Crippen LogP contribution in [0.25, 0.3) is 0 Å². The highest BCUT2D eigenvalue weighted by Gasteiger charge is 2.35. The molecule has 5 fully saturated rings. The quantitative estimate of drug-likeness (QED) is 0.190. The van der Waals surface area contributed by atoms with Crippen LogP contribution in [0.1, 0.15) is 105 Å². The van der Waals surface area contributed by atoms with Gasteiger partial charge in [-0.3, -0.25) is 4.90 Å². The Morgan fingerprint density at radius 2 is 1.22 bits per heavy atom. The first-order valence-corrected chi connectivity index (χ1v) is 18.8. The van der Waals surface area contributed by atoms with Gasteiger partial charge in [-0.25, -0.2) is 0 Å². The van der Waals surface area contributed by atoms with Crippen molar-refractivity contribution in [2.24, 2.45) is 0 Å². The van der Waals surface area contributed by atoms with Gasteiger partial charge >= 0.3 is 0 Å². The van der Waals surface area contributed by atoms with Gasteiger partial charge in [0.2, 0.25) is 0 Å². The van der Waals surface area contributed by atoms with Crippen molar-refractivity contribution in [1.82, 2.24) is 15.1 Å². The minimum atomic E-state index is 0.269. The van der Waals surface area contributed by atoms with E-state index in [1.807, 2.05) is 0 Å². The molecule has 2 saturated heterocycles. The van der Waals surface area contributed by atoms with E-state index in [1.165, 1.54) is 38.8 Å². The van der Waals surface area contributed by atoms with E-state index in [9.17, 15) is 0 Å². The second-order valence-electron chi connectivity index (χ2n) is 15.2. The maximum atomic E-state index is 6.46. The maximum absolute atomic E-state index is 6.46. The van der Waals surface area contributed by atoms with Crippen molar-refractivity contribution in [2.75, 3.05) is 59.5 Å². The number of nitrogens with zero attached hydrogens (tertiary/aromatic N) is 2. The first-order valence-electron chi connectivity index (χ1n) is 18.8. The van der Waals surface area contributed by atoms with Crippen LogP contribution in [0, 0.1) is 0 Å². The zero-order valence-electron chi connectivity index (χ0n) is 29.3. The van der Waals surface area contributed by atoms with E-state index in [2.05, 4.69) is 42.8 Å². The SMILES string of the molecule is COC1CC(OC2CCC(NCCOC(C)CCC(C)OC3CC(OC4CCN(CCN5CC(OC(C)C)C5)CC4)C3)CC2)C1. The summed E-state index contributed by atoms with van der Waals surface area (Å²) in [5.74, 6) is 0. The molecule has 5 rings (SSSR count). The van der Waals surface area contributed by atoms with Crippen molar-refractivity contribution in [3.63, 3.8) is 0 Å². The highest BCUT2D eigenvalue weighted by Crippen LogP contribution is 2.32. The number of piperidine rings is 1. The standard InChI is InChI=1S/C36H67N3O6/c1-26(2)42-36-24-39(25-36)18-17-38-15-12-31(13-16-38)45-35-22-33(23-35)43-28(4)7-6-27(3)41-19-14-37-29-8-10-30(11-9-29)44-34-20-32(21-34)40-5/h26-37H,6-25H2,1-5H3. The average molecular weight is 638 g/mol. The number of ether oxygens (including phenoxy) is 6. The summed E-state index contributed by atoms with van der Waals surface area (Å²) in [6.45, 7) is 17.2. The molecule has 0 spiro atoms. The first-order chi connectivity index (χ1) is 21.8. The number of hydrogen-bond acceptors (Lipinski definition) is 9. The summed E-state index contributed by atoms with van der Waals surface area (Å²) >= 11 is 0. The highest BCUT2D eigenvalue weighted by atomic mass is 16.5. The molecule has 9 heteroatoms. The lowest BCUT2D eigenvalue weighted by Crippen LogP contribution is -2.55. The zero-order valence-corrected chi connectivity index (χ0v) is 29.3. The lowest BCUT2D eigenvalue weighted by molar-refractivity contribution is -0.150. The van der Waals surface area contributed by atoms with Crippen molar-refractivity contribution in [2.45, 2.75) is 172 Å². The topological polar surface area (TPSA) is 73.9 Å². The Hall–Kier alpha value is -0.360. The van der Waals surface area contributed by atoms with Crippen LogP contribution in [0.4, 0.5) is 0 Å². The Morgan fingerprint density at radius 1 is 0.622 bits per heavy atom. The molecule has 2 heterocycles. The lowest BCUT2D eigenvalue weighted by atomic mass is 9.89. The molecular formula is C36H67N3O6. The fourth-order valence-corrected chi connectivity index (χ4v) is 7.71. The molecule has 262 valence electrons. The van der Waals surface area contributed by atoms with Gasteiger partial charge in [0, 0.05) is 59.0 Å². The predicted molar refractivity (Wildman–Crippen MR) is 178 cm³/mol. The van der Waals surface area contributed by atoms with Gasteiger partial charge in [-0.15, -0.1) is 0 Å². The molecular weight excluding hydrogens is 570 g/mol. The van der Waals surface area contributed by atoms with Gasteiger partial charge in [-0.05, 0) is 105 Å². The third kappa shape index (κ3) is 12.2. The van der Waals surface area contributed by atoms with Crippen LogP contribution < -0.4 is 5.32 Å². The Bertz CT molecular complexity index is 803. The Balaban J connectivity index is 0.802. The summed E-state index contributed by atoms with van der Waals surface area (Å²) in [7, 11) is 1.80. The number of nitrogens with one attached hydrogen (secondary N) is 1. The van der Waals surface area contributed by atoms with Crippen LogP contribution in [0.3, 0.4) is 0 Å². The second kappa shape index (κ2) is 18.4. The van der Waals surface area contributed by atoms with E-state index in [-0.39, 0.29) is 12.2 Å². The summed E-state index contributed by atoms with van der Waals surface area (Å²) < 4.78 is 36.4. The molecule has 2 atom stereocenters. The first kappa shape index (κ1) is 35.9. The minimum Gasteiger partial charge on any atom is -0.381 e. The number of methoxy groups -OCH3 is 1. The van der Waals surface area contributed by atoms with Crippen LogP contribution in [-0.2, 0) is 28.4 Å². The Labute approximate surface area is 274 Å². The molecule has 3 saturated carbocycles. The molecule has 45 heavy (non-hydrogen) atoms. The van der Waals surface area contributed by atoms with E-state index in [0.717, 1.165) is 90.7 Å². The normalized spacial score (nSPS) is 33.5. The second-order valence-corrected chi connectivity index (χ2v) is 15.2. The third-order valence-corrected chi connectivity index (χ3v) is 10.9. The van der Waals surface area contributed by atoms with Crippen molar-refractivity contribution < 1.29 is 28.4 Å². The summed E-state index contributed by atoms with van der Waals surface area (Å²) in [5.41, 5.74) is 0. The summed E-state index contributed by atoms with van der Waals surface area (Å²) in [4.78, 5) is 5.14. The fraction of sp³-hybridized carbons (Fsp3) is 1.00. The monoisotopic (exact) mass is 638 g/mol. The largest absolute Gasteiger partial charge is 0.381 e. The molecule has 5 aliphatic rings. The molecule has 0 aromatic heterocycles.